The second-order valence-corrected chi connectivity index (χ2v) is 6.39. The molecule has 3 aromatic rings. The van der Waals surface area contributed by atoms with Crippen molar-refractivity contribution >= 4 is 39.2 Å². The number of benzene rings is 1. The van der Waals surface area contributed by atoms with Gasteiger partial charge in [0.1, 0.15) is 0 Å². The fourth-order valence-electron chi connectivity index (χ4n) is 2.01. The van der Waals surface area contributed by atoms with Gasteiger partial charge in [-0.1, -0.05) is 23.5 Å². The molecule has 0 bridgehead atoms. The average molecular weight is 330 g/mol. The molecule has 0 saturated carbocycles. The lowest BCUT2D eigenvalue weighted by atomic mass is 10.2. The first-order chi connectivity index (χ1) is 10.7. The second-order valence-electron chi connectivity index (χ2n) is 4.55. The largest absolute Gasteiger partial charge is 0.318 e. The van der Waals surface area contributed by atoms with Gasteiger partial charge in [-0.15, -0.1) is 16.9 Å². The highest BCUT2D eigenvalue weighted by Crippen LogP contribution is 2.15. The minimum Gasteiger partial charge on any atom is -0.318 e. The van der Waals surface area contributed by atoms with Gasteiger partial charge in [0, 0.05) is 18.8 Å². The number of thiazole rings is 1. The molecule has 112 valence electrons. The van der Waals surface area contributed by atoms with Gasteiger partial charge >= 0.3 is 0 Å². The molecule has 0 aliphatic carbocycles. The van der Waals surface area contributed by atoms with Gasteiger partial charge in [0.25, 0.3) is 5.91 Å². The summed E-state index contributed by atoms with van der Waals surface area (Å²) in [5.41, 5.74) is 4.25. The number of nitrogens with zero attached hydrogens (tertiary/aromatic N) is 3. The highest BCUT2D eigenvalue weighted by atomic mass is 32.2. The van der Waals surface area contributed by atoms with E-state index in [4.69, 9.17) is 0 Å². The number of para-hydroxylation sites is 1. The molecule has 1 aromatic carbocycles. The van der Waals surface area contributed by atoms with Crippen molar-refractivity contribution in [1.29, 1.82) is 0 Å². The van der Waals surface area contributed by atoms with E-state index in [1.807, 2.05) is 42.1 Å². The lowest BCUT2D eigenvalue weighted by molar-refractivity contribution is 0.0952. The number of rotatable bonds is 3. The van der Waals surface area contributed by atoms with Crippen LogP contribution in [-0.2, 0) is 7.05 Å². The summed E-state index contributed by atoms with van der Waals surface area (Å²) in [5.74, 6) is -0.241. The summed E-state index contributed by atoms with van der Waals surface area (Å²) >= 11 is 3.03. The first-order valence-electron chi connectivity index (χ1n) is 6.57. The van der Waals surface area contributed by atoms with E-state index in [1.165, 1.54) is 23.1 Å². The van der Waals surface area contributed by atoms with Gasteiger partial charge < -0.3 is 4.57 Å². The van der Waals surface area contributed by atoms with Crippen molar-refractivity contribution in [3.05, 3.63) is 53.0 Å². The molecule has 0 atom stereocenters. The molecule has 1 amide bonds. The van der Waals surface area contributed by atoms with Crippen LogP contribution in [0.5, 0.6) is 0 Å². The van der Waals surface area contributed by atoms with Crippen molar-refractivity contribution in [2.75, 3.05) is 6.26 Å². The predicted octanol–water partition coefficient (Wildman–Crippen LogP) is 2.60. The number of carbonyl (C=O) groups excluding carboxylic acids is 1. The van der Waals surface area contributed by atoms with E-state index >= 15 is 0 Å². The van der Waals surface area contributed by atoms with E-state index in [0.717, 1.165) is 20.0 Å². The summed E-state index contributed by atoms with van der Waals surface area (Å²) in [7, 11) is 1.93. The highest BCUT2D eigenvalue weighted by Gasteiger charge is 2.06. The van der Waals surface area contributed by atoms with Gasteiger partial charge in [-0.05, 0) is 30.5 Å². The number of pyridine rings is 1. The topological polar surface area (TPSA) is 59.3 Å². The Morgan fingerprint density at radius 1 is 1.36 bits per heavy atom. The molecule has 0 saturated heterocycles. The molecule has 2 aromatic heterocycles. The lowest BCUT2D eigenvalue weighted by Crippen LogP contribution is -2.23. The number of hydrogen-bond acceptors (Lipinski definition) is 5. The molecule has 3 rings (SSSR count). The zero-order valence-electron chi connectivity index (χ0n) is 12.1. The minimum atomic E-state index is -0.241. The Morgan fingerprint density at radius 3 is 2.95 bits per heavy atom. The first kappa shape index (κ1) is 14.8. The van der Waals surface area contributed by atoms with Gasteiger partial charge in [0.05, 0.1) is 15.2 Å². The molecular formula is C15H14N4OS2. The summed E-state index contributed by atoms with van der Waals surface area (Å²) in [4.78, 5) is 17.1. The van der Waals surface area contributed by atoms with Crippen LogP contribution in [0.3, 0.4) is 0 Å². The minimum absolute atomic E-state index is 0.241. The number of hydrogen-bond donors (Lipinski definition) is 1. The van der Waals surface area contributed by atoms with E-state index in [9.17, 15) is 4.79 Å². The van der Waals surface area contributed by atoms with Crippen LogP contribution in [0.4, 0.5) is 0 Å². The van der Waals surface area contributed by atoms with Crippen LogP contribution in [0.2, 0.25) is 0 Å². The molecule has 2 heterocycles. The lowest BCUT2D eigenvalue weighted by Gasteiger charge is -2.01. The van der Waals surface area contributed by atoms with E-state index in [2.05, 4.69) is 15.5 Å². The van der Waals surface area contributed by atoms with Gasteiger partial charge in [-0.3, -0.25) is 4.79 Å². The fraction of sp³-hybridized carbons (Fsp3) is 0.133. The maximum absolute atomic E-state index is 12.2. The van der Waals surface area contributed by atoms with Crippen molar-refractivity contribution in [2.45, 2.75) is 5.03 Å². The van der Waals surface area contributed by atoms with Crippen LogP contribution in [-0.4, -0.2) is 21.7 Å². The Hall–Kier alpha value is -2.12. The molecule has 5 nitrogen and oxygen atoms in total. The monoisotopic (exact) mass is 330 g/mol. The highest BCUT2D eigenvalue weighted by molar-refractivity contribution is 7.98. The number of nitrogens with one attached hydrogen (secondary N) is 1. The second kappa shape index (κ2) is 6.33. The third-order valence-corrected chi connectivity index (χ3v) is 4.93. The molecule has 0 aliphatic heterocycles. The normalized spacial score (nSPS) is 11.8. The SMILES string of the molecule is CSc1cc(C(=O)NN=c2sc3ccccc3n2C)ccn1. The smallest absolute Gasteiger partial charge is 0.271 e. The molecule has 0 radical (unpaired) electrons. The van der Waals surface area contributed by atoms with Crippen molar-refractivity contribution in [3.63, 3.8) is 0 Å². The Kier molecular flexibility index (Phi) is 4.26. The zero-order chi connectivity index (χ0) is 15.5. The van der Waals surface area contributed by atoms with E-state index in [-0.39, 0.29) is 5.91 Å². The van der Waals surface area contributed by atoms with E-state index < -0.39 is 0 Å². The van der Waals surface area contributed by atoms with Crippen molar-refractivity contribution in [2.24, 2.45) is 12.1 Å². The van der Waals surface area contributed by atoms with Crippen LogP contribution in [0.1, 0.15) is 10.4 Å². The van der Waals surface area contributed by atoms with Crippen LogP contribution < -0.4 is 10.2 Å². The van der Waals surface area contributed by atoms with Gasteiger partial charge in [-0.25, -0.2) is 10.4 Å². The maximum atomic E-state index is 12.2. The van der Waals surface area contributed by atoms with Gasteiger partial charge in [-0.2, -0.15) is 0 Å². The van der Waals surface area contributed by atoms with Gasteiger partial charge in [0.15, 0.2) is 0 Å². The molecule has 0 spiro atoms. The summed E-state index contributed by atoms with van der Waals surface area (Å²) in [6.07, 6.45) is 3.55. The molecule has 7 heteroatoms. The van der Waals surface area contributed by atoms with Crippen LogP contribution in [0, 0.1) is 0 Å². The molecule has 0 fully saturated rings. The third-order valence-electron chi connectivity index (χ3n) is 3.17. The molecule has 1 N–H and O–H groups in total. The van der Waals surface area contributed by atoms with Crippen molar-refractivity contribution in [3.8, 4) is 0 Å². The van der Waals surface area contributed by atoms with E-state index in [0.29, 0.717) is 5.56 Å². The summed E-state index contributed by atoms with van der Waals surface area (Å²) in [6, 6.07) is 11.5. The van der Waals surface area contributed by atoms with Crippen molar-refractivity contribution in [1.82, 2.24) is 15.0 Å². The zero-order valence-corrected chi connectivity index (χ0v) is 13.7. The number of aryl methyl sites for hydroxylation is 1. The quantitative estimate of drug-likeness (QED) is 0.593. The third kappa shape index (κ3) is 2.90. The number of carbonyl (C=O) groups is 1. The molecular weight excluding hydrogens is 316 g/mol. The number of fused-ring (bicyclic) bond motifs is 1. The van der Waals surface area contributed by atoms with E-state index in [1.54, 1.807) is 18.3 Å². The summed E-state index contributed by atoms with van der Waals surface area (Å²) in [6.45, 7) is 0. The Labute approximate surface area is 135 Å². The Balaban J connectivity index is 1.88. The Morgan fingerprint density at radius 2 is 2.18 bits per heavy atom. The predicted molar refractivity (Wildman–Crippen MR) is 89.8 cm³/mol. The number of aromatic nitrogens is 2. The molecule has 22 heavy (non-hydrogen) atoms. The standard InChI is InChI=1S/C15H14N4OS2/c1-19-11-5-3-4-6-12(11)22-15(19)18-17-14(20)10-7-8-16-13(9-10)21-2/h3-9H,1-2H3,(H,17,20). The number of thioether (sulfide) groups is 1. The Bertz CT molecular complexity index is 898. The molecule has 0 unspecified atom stereocenters. The fourth-order valence-corrected chi connectivity index (χ4v) is 3.40. The average Bonchev–Trinajstić information content (AvgIpc) is 2.89. The summed E-state index contributed by atoms with van der Waals surface area (Å²) in [5, 5.41) is 5.04. The van der Waals surface area contributed by atoms with Crippen molar-refractivity contribution < 1.29 is 4.79 Å². The summed E-state index contributed by atoms with van der Waals surface area (Å²) < 4.78 is 3.09. The van der Waals surface area contributed by atoms with Gasteiger partial charge in [0.2, 0.25) is 4.80 Å². The van der Waals surface area contributed by atoms with Crippen LogP contribution in [0.15, 0.2) is 52.7 Å². The maximum Gasteiger partial charge on any atom is 0.271 e. The number of amides is 1. The molecule has 0 aliphatic rings. The van der Waals surface area contributed by atoms with Crippen LogP contribution in [0.25, 0.3) is 10.2 Å². The first-order valence-corrected chi connectivity index (χ1v) is 8.62. The van der Waals surface area contributed by atoms with Crippen LogP contribution >= 0.6 is 23.1 Å².